The van der Waals surface area contributed by atoms with Gasteiger partial charge in [-0.3, -0.25) is 4.90 Å². The van der Waals surface area contributed by atoms with Crippen LogP contribution in [-0.2, 0) is 0 Å². The average Bonchev–Trinajstić information content (AvgIpc) is 2.41. The number of phenolic OH excluding ortho intramolecular Hbond substituents is 1. The lowest BCUT2D eigenvalue weighted by Crippen LogP contribution is -2.45. The van der Waals surface area contributed by atoms with Gasteiger partial charge in [0.15, 0.2) is 11.6 Å². The minimum absolute atomic E-state index is 0. The number of phenols is 1. The second-order valence-corrected chi connectivity index (χ2v) is 5.01. The van der Waals surface area contributed by atoms with Crippen LogP contribution in [0.3, 0.4) is 0 Å². The molecule has 1 fully saturated rings. The average molecular weight is 337 g/mol. The first-order chi connectivity index (χ1) is 9.13. The summed E-state index contributed by atoms with van der Waals surface area (Å²) in [5, 5.41) is 13.3. The van der Waals surface area contributed by atoms with E-state index in [4.69, 9.17) is 0 Å². The van der Waals surface area contributed by atoms with Crippen molar-refractivity contribution in [2.75, 3.05) is 26.2 Å². The predicted molar refractivity (Wildman–Crippen MR) is 89.3 cm³/mol. The van der Waals surface area contributed by atoms with E-state index < -0.39 is 5.82 Å². The summed E-state index contributed by atoms with van der Waals surface area (Å²) in [5.41, 5.74) is 1.49. The van der Waals surface area contributed by atoms with Gasteiger partial charge in [0.05, 0.1) is 0 Å². The summed E-state index contributed by atoms with van der Waals surface area (Å²) in [6.45, 7) is 9.25. The quantitative estimate of drug-likeness (QED) is 0.829. The summed E-state index contributed by atoms with van der Waals surface area (Å²) < 4.78 is 13.7. The van der Waals surface area contributed by atoms with Crippen LogP contribution < -0.4 is 5.32 Å². The largest absolute Gasteiger partial charge is 0.505 e. The molecule has 3 nitrogen and oxygen atoms in total. The lowest BCUT2D eigenvalue weighted by molar-refractivity contribution is 0.171. The highest BCUT2D eigenvalue weighted by Gasteiger charge is 2.24. The highest BCUT2D eigenvalue weighted by Crippen LogP contribution is 2.34. The second kappa shape index (κ2) is 9.26. The summed E-state index contributed by atoms with van der Waals surface area (Å²) >= 11 is 0. The number of nitrogens with one attached hydrogen (secondary N) is 1. The number of benzene rings is 1. The van der Waals surface area contributed by atoms with Gasteiger partial charge in [0.25, 0.3) is 0 Å². The molecule has 1 aliphatic heterocycles. The van der Waals surface area contributed by atoms with Crippen LogP contribution in [0.25, 0.3) is 0 Å². The van der Waals surface area contributed by atoms with Crippen LogP contribution in [0.2, 0.25) is 0 Å². The predicted octanol–water partition coefficient (Wildman–Crippen LogP) is 3.21. The van der Waals surface area contributed by atoms with E-state index >= 15 is 0 Å². The van der Waals surface area contributed by atoms with Crippen LogP contribution in [0.5, 0.6) is 5.75 Å². The number of nitrogens with zero attached hydrogens (tertiary/aromatic N) is 1. The van der Waals surface area contributed by atoms with Crippen LogP contribution in [0, 0.1) is 12.7 Å². The van der Waals surface area contributed by atoms with E-state index in [0.29, 0.717) is 12.0 Å². The smallest absolute Gasteiger partial charge is 0.165 e. The van der Waals surface area contributed by atoms with Crippen LogP contribution >= 0.6 is 24.8 Å². The number of halogens is 3. The fraction of sp³-hybridized carbons (Fsp3) is 0.467. The normalized spacial score (nSPS) is 16.5. The van der Waals surface area contributed by atoms with Crippen LogP contribution in [0.1, 0.15) is 23.6 Å². The van der Waals surface area contributed by atoms with Crippen molar-refractivity contribution in [3.63, 3.8) is 0 Å². The van der Waals surface area contributed by atoms with Gasteiger partial charge in [-0.05, 0) is 25.0 Å². The van der Waals surface area contributed by atoms with Gasteiger partial charge in [0.2, 0.25) is 0 Å². The molecular weight excluding hydrogens is 314 g/mol. The first-order valence-corrected chi connectivity index (χ1v) is 6.68. The zero-order chi connectivity index (χ0) is 13.8. The van der Waals surface area contributed by atoms with Crippen molar-refractivity contribution in [1.29, 1.82) is 0 Å². The van der Waals surface area contributed by atoms with E-state index in [0.717, 1.165) is 31.7 Å². The molecule has 1 atom stereocenters. The van der Waals surface area contributed by atoms with Crippen molar-refractivity contribution in [1.82, 2.24) is 10.2 Å². The van der Waals surface area contributed by atoms with Gasteiger partial charge < -0.3 is 10.4 Å². The molecule has 2 rings (SSSR count). The monoisotopic (exact) mass is 336 g/mol. The Morgan fingerprint density at radius 2 is 2.00 bits per heavy atom. The summed E-state index contributed by atoms with van der Waals surface area (Å²) in [5.74, 6) is -0.768. The first-order valence-electron chi connectivity index (χ1n) is 6.68. The fourth-order valence-electron chi connectivity index (χ4n) is 2.64. The third-order valence-corrected chi connectivity index (χ3v) is 3.58. The van der Waals surface area contributed by atoms with Crippen LogP contribution in [-0.4, -0.2) is 36.2 Å². The van der Waals surface area contributed by atoms with E-state index in [1.54, 1.807) is 0 Å². The van der Waals surface area contributed by atoms with Gasteiger partial charge in [0.1, 0.15) is 0 Å². The Morgan fingerprint density at radius 1 is 1.38 bits per heavy atom. The molecule has 0 unspecified atom stereocenters. The second-order valence-electron chi connectivity index (χ2n) is 5.01. The first kappa shape index (κ1) is 20.2. The Bertz CT molecular complexity index is 465. The molecule has 0 amide bonds. The van der Waals surface area contributed by atoms with Gasteiger partial charge in [-0.15, -0.1) is 31.4 Å². The highest BCUT2D eigenvalue weighted by molar-refractivity contribution is 5.85. The van der Waals surface area contributed by atoms with Crippen molar-refractivity contribution in [3.05, 3.63) is 41.7 Å². The van der Waals surface area contributed by atoms with Crippen molar-refractivity contribution < 1.29 is 9.50 Å². The van der Waals surface area contributed by atoms with E-state index in [1.165, 1.54) is 6.07 Å². The molecule has 0 bridgehead atoms. The molecule has 2 N–H and O–H groups in total. The maximum absolute atomic E-state index is 13.7. The van der Waals surface area contributed by atoms with Gasteiger partial charge in [-0.1, -0.05) is 12.1 Å². The molecule has 1 heterocycles. The SMILES string of the molecule is C=CC[C@H](c1cc(C)cc(F)c1O)N1CCNCC1.Cl.Cl. The van der Waals surface area contributed by atoms with Gasteiger partial charge in [0, 0.05) is 37.8 Å². The molecule has 0 saturated carbocycles. The Hall–Kier alpha value is -0.810. The molecule has 1 aromatic carbocycles. The van der Waals surface area contributed by atoms with Gasteiger partial charge in [-0.25, -0.2) is 4.39 Å². The standard InChI is InChI=1S/C15H21FN2O.2ClH/c1-3-4-14(18-7-5-17-6-8-18)12-9-11(2)10-13(16)15(12)19;;/h3,9-10,14,17,19H,1,4-8H2,2H3;2*1H/t14-;;/m1../s1. The van der Waals surface area contributed by atoms with E-state index in [-0.39, 0.29) is 36.6 Å². The number of hydrogen-bond acceptors (Lipinski definition) is 3. The van der Waals surface area contributed by atoms with E-state index in [2.05, 4.69) is 16.8 Å². The van der Waals surface area contributed by atoms with Crippen molar-refractivity contribution in [3.8, 4) is 5.75 Å². The zero-order valence-electron chi connectivity index (χ0n) is 12.1. The lowest BCUT2D eigenvalue weighted by atomic mass is 9.98. The summed E-state index contributed by atoms with van der Waals surface area (Å²) in [6, 6.07) is 3.23. The molecule has 0 aromatic heterocycles. The molecule has 1 saturated heterocycles. The van der Waals surface area contributed by atoms with Crippen LogP contribution in [0.4, 0.5) is 4.39 Å². The molecule has 0 radical (unpaired) electrons. The summed E-state index contributed by atoms with van der Waals surface area (Å²) in [6.07, 6.45) is 2.53. The fourth-order valence-corrected chi connectivity index (χ4v) is 2.64. The molecule has 6 heteroatoms. The molecule has 1 aliphatic rings. The van der Waals surface area contributed by atoms with Crippen molar-refractivity contribution in [2.45, 2.75) is 19.4 Å². The number of aromatic hydroxyl groups is 1. The Kier molecular flexibility index (Phi) is 8.90. The molecule has 120 valence electrons. The van der Waals surface area contributed by atoms with Crippen LogP contribution in [0.15, 0.2) is 24.8 Å². The highest BCUT2D eigenvalue weighted by atomic mass is 35.5. The third-order valence-electron chi connectivity index (χ3n) is 3.58. The molecule has 1 aromatic rings. The lowest BCUT2D eigenvalue weighted by Gasteiger charge is -2.35. The number of aryl methyl sites for hydroxylation is 1. The molecular formula is C15H23Cl2FN2O. The summed E-state index contributed by atoms with van der Waals surface area (Å²) in [4.78, 5) is 2.27. The maximum Gasteiger partial charge on any atom is 0.165 e. The Balaban J connectivity index is 0.00000200. The Morgan fingerprint density at radius 3 is 2.57 bits per heavy atom. The van der Waals surface area contributed by atoms with E-state index in [9.17, 15) is 9.50 Å². The maximum atomic E-state index is 13.7. The van der Waals surface area contributed by atoms with E-state index in [1.807, 2.05) is 19.1 Å². The number of hydrogen-bond donors (Lipinski definition) is 2. The van der Waals surface area contributed by atoms with Gasteiger partial charge >= 0.3 is 0 Å². The van der Waals surface area contributed by atoms with Gasteiger partial charge in [-0.2, -0.15) is 0 Å². The number of rotatable bonds is 4. The molecule has 0 aliphatic carbocycles. The van der Waals surface area contributed by atoms with Crippen molar-refractivity contribution in [2.24, 2.45) is 0 Å². The molecule has 0 spiro atoms. The topological polar surface area (TPSA) is 35.5 Å². The minimum atomic E-state index is -0.542. The third kappa shape index (κ3) is 4.85. The molecule has 21 heavy (non-hydrogen) atoms. The number of piperazine rings is 1. The summed E-state index contributed by atoms with van der Waals surface area (Å²) in [7, 11) is 0. The zero-order valence-corrected chi connectivity index (χ0v) is 13.8. The Labute approximate surface area is 138 Å². The minimum Gasteiger partial charge on any atom is -0.505 e. The van der Waals surface area contributed by atoms with Crippen molar-refractivity contribution >= 4 is 24.8 Å².